The van der Waals surface area contributed by atoms with Gasteiger partial charge in [0.2, 0.25) is 5.91 Å². The topological polar surface area (TPSA) is 46.3 Å². The Kier molecular flexibility index (Phi) is 2.53. The molecule has 3 nitrogen and oxygen atoms in total. The van der Waals surface area contributed by atoms with Crippen molar-refractivity contribution in [2.24, 2.45) is 5.73 Å². The maximum absolute atomic E-state index is 10.8. The normalized spacial score (nSPS) is 16.6. The lowest BCUT2D eigenvalue weighted by molar-refractivity contribution is -0.114. The first-order chi connectivity index (χ1) is 5.61. The number of amides is 1. The van der Waals surface area contributed by atoms with Crippen LogP contribution in [0.25, 0.3) is 0 Å². The summed E-state index contributed by atoms with van der Waals surface area (Å²) in [5, 5.41) is 0. The van der Waals surface area contributed by atoms with Crippen LogP contribution >= 0.6 is 0 Å². The predicted molar refractivity (Wildman–Crippen MR) is 48.0 cm³/mol. The van der Waals surface area contributed by atoms with Gasteiger partial charge in [-0.05, 0) is 20.3 Å². The molecule has 0 spiro atoms. The fourth-order valence-corrected chi connectivity index (χ4v) is 1.06. The van der Waals surface area contributed by atoms with Crippen LogP contribution in [0.2, 0.25) is 0 Å². The first kappa shape index (κ1) is 8.84. The average Bonchev–Trinajstić information content (AvgIpc) is 2.04. The number of allylic oxidation sites excluding steroid dienone is 1. The molecular formula is C9H14N2O. The average molecular weight is 166 g/mol. The molecule has 0 bridgehead atoms. The van der Waals surface area contributed by atoms with Gasteiger partial charge >= 0.3 is 0 Å². The maximum atomic E-state index is 10.8. The van der Waals surface area contributed by atoms with Crippen LogP contribution in [0.5, 0.6) is 0 Å². The van der Waals surface area contributed by atoms with Crippen LogP contribution in [0.1, 0.15) is 20.3 Å². The van der Waals surface area contributed by atoms with Crippen molar-refractivity contribution in [1.82, 2.24) is 4.90 Å². The van der Waals surface area contributed by atoms with Crippen LogP contribution in [-0.2, 0) is 4.79 Å². The molecule has 0 saturated carbocycles. The Morgan fingerprint density at radius 1 is 1.67 bits per heavy atom. The van der Waals surface area contributed by atoms with Gasteiger partial charge in [0, 0.05) is 24.0 Å². The number of carbonyl (C=O) groups excluding carboxylic acids is 1. The first-order valence-electron chi connectivity index (χ1n) is 4.06. The third-order valence-corrected chi connectivity index (χ3v) is 1.83. The molecule has 3 heteroatoms. The number of hydrogen-bond donors (Lipinski definition) is 1. The van der Waals surface area contributed by atoms with Crippen molar-refractivity contribution in [3.63, 3.8) is 0 Å². The molecule has 0 aromatic carbocycles. The Labute approximate surface area is 72.5 Å². The Bertz CT molecular complexity index is 241. The van der Waals surface area contributed by atoms with E-state index in [1.807, 2.05) is 23.4 Å². The van der Waals surface area contributed by atoms with E-state index in [4.69, 9.17) is 5.73 Å². The van der Waals surface area contributed by atoms with Crippen LogP contribution in [0.15, 0.2) is 24.0 Å². The van der Waals surface area contributed by atoms with E-state index in [0.29, 0.717) is 18.0 Å². The van der Waals surface area contributed by atoms with Gasteiger partial charge in [-0.15, -0.1) is 0 Å². The lowest BCUT2D eigenvalue weighted by Crippen LogP contribution is -2.25. The second-order valence-corrected chi connectivity index (χ2v) is 3.15. The molecule has 0 unspecified atom stereocenters. The zero-order valence-electron chi connectivity index (χ0n) is 7.45. The largest absolute Gasteiger partial charge is 0.366 e. The van der Waals surface area contributed by atoms with Gasteiger partial charge in [-0.25, -0.2) is 0 Å². The van der Waals surface area contributed by atoms with Crippen molar-refractivity contribution < 1.29 is 4.79 Å². The Balaban J connectivity index is 2.74. The zero-order chi connectivity index (χ0) is 9.14. The van der Waals surface area contributed by atoms with Crippen molar-refractivity contribution in [3.05, 3.63) is 24.0 Å². The Morgan fingerprint density at radius 3 is 2.83 bits per heavy atom. The molecule has 0 radical (unpaired) electrons. The summed E-state index contributed by atoms with van der Waals surface area (Å²) in [6, 6.07) is 0.371. The minimum atomic E-state index is -0.329. The SMILES string of the molecule is CC(C)N1C=CCC(C(N)=O)=C1. The van der Waals surface area contributed by atoms with Crippen molar-refractivity contribution in [2.45, 2.75) is 26.3 Å². The minimum Gasteiger partial charge on any atom is -0.366 e. The number of primary amides is 1. The lowest BCUT2D eigenvalue weighted by atomic mass is 10.1. The highest BCUT2D eigenvalue weighted by Crippen LogP contribution is 2.13. The molecule has 0 aliphatic carbocycles. The van der Waals surface area contributed by atoms with Crippen molar-refractivity contribution in [1.29, 1.82) is 0 Å². The first-order valence-corrected chi connectivity index (χ1v) is 4.06. The van der Waals surface area contributed by atoms with Crippen molar-refractivity contribution in [3.8, 4) is 0 Å². The van der Waals surface area contributed by atoms with E-state index in [1.54, 1.807) is 0 Å². The molecule has 1 rings (SSSR count). The van der Waals surface area contributed by atoms with E-state index >= 15 is 0 Å². The third kappa shape index (κ3) is 1.87. The van der Waals surface area contributed by atoms with Gasteiger partial charge in [0.15, 0.2) is 0 Å². The van der Waals surface area contributed by atoms with Crippen LogP contribution in [-0.4, -0.2) is 16.8 Å². The monoisotopic (exact) mass is 166 g/mol. The number of hydrogen-bond acceptors (Lipinski definition) is 2. The summed E-state index contributed by atoms with van der Waals surface area (Å²) in [5.41, 5.74) is 5.83. The summed E-state index contributed by atoms with van der Waals surface area (Å²) in [7, 11) is 0. The van der Waals surface area contributed by atoms with Gasteiger partial charge in [-0.1, -0.05) is 6.08 Å². The summed E-state index contributed by atoms with van der Waals surface area (Å²) >= 11 is 0. The van der Waals surface area contributed by atoms with Gasteiger partial charge in [0.05, 0.1) is 0 Å². The third-order valence-electron chi connectivity index (χ3n) is 1.83. The number of rotatable bonds is 2. The molecular weight excluding hydrogens is 152 g/mol. The fraction of sp³-hybridized carbons (Fsp3) is 0.444. The molecule has 0 saturated heterocycles. The van der Waals surface area contributed by atoms with E-state index in [2.05, 4.69) is 13.8 Å². The van der Waals surface area contributed by atoms with E-state index in [1.165, 1.54) is 0 Å². The highest BCUT2D eigenvalue weighted by atomic mass is 16.1. The second-order valence-electron chi connectivity index (χ2n) is 3.15. The Morgan fingerprint density at radius 2 is 2.33 bits per heavy atom. The van der Waals surface area contributed by atoms with Gasteiger partial charge in [-0.3, -0.25) is 4.79 Å². The Hall–Kier alpha value is -1.25. The molecule has 1 heterocycles. The molecule has 66 valence electrons. The van der Waals surface area contributed by atoms with Crippen LogP contribution < -0.4 is 5.73 Å². The molecule has 0 fully saturated rings. The summed E-state index contributed by atoms with van der Waals surface area (Å²) in [6.07, 6.45) is 6.38. The smallest absolute Gasteiger partial charge is 0.246 e. The second kappa shape index (κ2) is 3.43. The van der Waals surface area contributed by atoms with Crippen molar-refractivity contribution in [2.75, 3.05) is 0 Å². The van der Waals surface area contributed by atoms with Crippen molar-refractivity contribution >= 4 is 5.91 Å². The summed E-state index contributed by atoms with van der Waals surface area (Å²) in [4.78, 5) is 12.8. The van der Waals surface area contributed by atoms with E-state index in [9.17, 15) is 4.79 Å². The summed E-state index contributed by atoms with van der Waals surface area (Å²) in [5.74, 6) is -0.329. The zero-order valence-corrected chi connectivity index (χ0v) is 7.45. The number of nitrogens with two attached hydrogens (primary N) is 1. The van der Waals surface area contributed by atoms with Gasteiger partial charge in [0.25, 0.3) is 0 Å². The standard InChI is InChI=1S/C9H14N2O/c1-7(2)11-5-3-4-8(6-11)9(10)12/h3,5-7H,4H2,1-2H3,(H2,10,12). The van der Waals surface area contributed by atoms with E-state index in [0.717, 1.165) is 0 Å². The molecule has 0 atom stereocenters. The molecule has 1 aliphatic rings. The lowest BCUT2D eigenvalue weighted by Gasteiger charge is -2.24. The van der Waals surface area contributed by atoms with Crippen LogP contribution in [0.4, 0.5) is 0 Å². The van der Waals surface area contributed by atoms with Crippen LogP contribution in [0, 0.1) is 0 Å². The highest BCUT2D eigenvalue weighted by Gasteiger charge is 2.11. The fourth-order valence-electron chi connectivity index (χ4n) is 1.06. The highest BCUT2D eigenvalue weighted by molar-refractivity contribution is 5.92. The molecule has 1 amide bonds. The minimum absolute atomic E-state index is 0.329. The van der Waals surface area contributed by atoms with Crippen LogP contribution in [0.3, 0.4) is 0 Å². The summed E-state index contributed by atoms with van der Waals surface area (Å²) in [6.45, 7) is 4.12. The number of carbonyl (C=O) groups is 1. The summed E-state index contributed by atoms with van der Waals surface area (Å²) < 4.78 is 0. The molecule has 1 aliphatic heterocycles. The van der Waals surface area contributed by atoms with E-state index < -0.39 is 0 Å². The maximum Gasteiger partial charge on any atom is 0.246 e. The van der Waals surface area contributed by atoms with E-state index in [-0.39, 0.29) is 5.91 Å². The van der Waals surface area contributed by atoms with Gasteiger partial charge in [-0.2, -0.15) is 0 Å². The molecule has 2 N–H and O–H groups in total. The molecule has 12 heavy (non-hydrogen) atoms. The number of nitrogens with zero attached hydrogens (tertiary/aromatic N) is 1. The van der Waals surface area contributed by atoms with Gasteiger partial charge in [0.1, 0.15) is 0 Å². The van der Waals surface area contributed by atoms with Gasteiger partial charge < -0.3 is 10.6 Å². The molecule has 0 aromatic heterocycles. The predicted octanol–water partition coefficient (Wildman–Crippen LogP) is 0.983. The quantitative estimate of drug-likeness (QED) is 0.664. The molecule has 0 aromatic rings.